The van der Waals surface area contributed by atoms with Crippen LogP contribution in [0.15, 0.2) is 109 Å². The van der Waals surface area contributed by atoms with Gasteiger partial charge in [-0.05, 0) is 83.5 Å². The number of allylic oxidation sites excluding steroid dienone is 17. The van der Waals surface area contributed by atoms with Crippen molar-refractivity contribution in [3.05, 3.63) is 109 Å². The maximum Gasteiger partial charge on any atom is 0.220 e. The zero-order valence-electron chi connectivity index (χ0n) is 47.2. The number of carbonyl (C=O) groups excluding carboxylic acids is 1. The maximum atomic E-state index is 13.2. The van der Waals surface area contributed by atoms with Gasteiger partial charge >= 0.3 is 0 Å². The lowest BCUT2D eigenvalue weighted by Crippen LogP contribution is -2.66. The molecule has 0 radical (unpaired) electrons. The van der Waals surface area contributed by atoms with Crippen molar-refractivity contribution in [1.29, 1.82) is 0 Å². The van der Waals surface area contributed by atoms with E-state index in [4.69, 9.17) is 28.4 Å². The predicted molar refractivity (Wildman–Crippen MR) is 304 cm³/mol. The number of aliphatic hydroxyl groups excluding tert-OH is 11. The highest BCUT2D eigenvalue weighted by Gasteiger charge is 2.53. The van der Waals surface area contributed by atoms with Crippen molar-refractivity contribution in [2.45, 2.75) is 240 Å². The van der Waals surface area contributed by atoms with Crippen LogP contribution < -0.4 is 5.32 Å². The highest BCUT2D eigenvalue weighted by Crippen LogP contribution is 2.33. The molecule has 17 atom stereocenters. The molecule has 3 fully saturated rings. The van der Waals surface area contributed by atoms with Crippen molar-refractivity contribution < 1.29 is 89.4 Å². The lowest BCUT2D eigenvalue weighted by molar-refractivity contribution is -0.379. The highest BCUT2D eigenvalue weighted by molar-refractivity contribution is 5.76. The summed E-state index contributed by atoms with van der Waals surface area (Å²) in [6.45, 7) is 1.47. The Morgan fingerprint density at radius 1 is 0.463 bits per heavy atom. The fourth-order valence-electron chi connectivity index (χ4n) is 9.03. The molecular weight excluding hydrogens is 1030 g/mol. The average molecular weight is 1130 g/mol. The van der Waals surface area contributed by atoms with Crippen LogP contribution in [0.25, 0.3) is 0 Å². The van der Waals surface area contributed by atoms with E-state index in [0.717, 1.165) is 96.3 Å². The topological polar surface area (TPSA) is 307 Å². The van der Waals surface area contributed by atoms with Gasteiger partial charge in [0.05, 0.1) is 38.6 Å². The fourth-order valence-corrected chi connectivity index (χ4v) is 9.03. The first-order chi connectivity index (χ1) is 38.8. The summed E-state index contributed by atoms with van der Waals surface area (Å²) in [7, 11) is 0. The summed E-state index contributed by atoms with van der Waals surface area (Å²) in [6, 6.07) is -1.00. The molecule has 19 nitrogen and oxygen atoms in total. The quantitative estimate of drug-likeness (QED) is 0.0291. The predicted octanol–water partition coefficient (Wildman–Crippen LogP) is 4.75. The number of nitrogens with one attached hydrogen (secondary N) is 1. The molecule has 1 amide bonds. The Hall–Kier alpha value is -3.55. The smallest absolute Gasteiger partial charge is 0.220 e. The van der Waals surface area contributed by atoms with E-state index in [1.165, 1.54) is 12.8 Å². The summed E-state index contributed by atoms with van der Waals surface area (Å²) in [5, 5.41) is 120. The molecule has 0 saturated carbocycles. The number of aliphatic hydroxyl groups is 11. The van der Waals surface area contributed by atoms with Crippen LogP contribution in [0, 0.1) is 0 Å². The fraction of sp³-hybridized carbons (Fsp3) is 0.689. The van der Waals surface area contributed by atoms with E-state index >= 15 is 0 Å². The minimum atomic E-state index is -1.99. The van der Waals surface area contributed by atoms with Gasteiger partial charge < -0.3 is 89.9 Å². The van der Waals surface area contributed by atoms with Gasteiger partial charge in [-0.15, -0.1) is 0 Å². The standard InChI is InChI=1S/C61H99NO18/c1-3-5-7-9-11-13-14-15-16-17-18-19-20-21-22-23-24-25-26-27-28-29-30-31-33-35-37-39-49(67)62-44(45(66)38-36-34-32-12-10-8-6-4-2)43-75-59-55(73)52(70)57(47(41-64)77-59)80-61-56(74)53(71)58(48(42-65)78-61)79-60-54(72)51(69)50(68)46(40-63)76-60/h5,7,11,13,15-16,18-19,21-22,24-25,27-28,30-31,36,38,44-48,50-61,63-66,68-74H,3-4,6,8-10,12,14,17,20,23,26,29,32-35,37,39-43H2,1-2H3,(H,62,67)/b7-5-,13-11-,16-15-,19-18-,22-21-,25-24-,28-27-,31-30-,38-36+. The first-order valence-electron chi connectivity index (χ1n) is 29.1. The molecule has 0 aromatic carbocycles. The van der Waals surface area contributed by atoms with E-state index < -0.39 is 124 Å². The number of rotatable bonds is 40. The molecule has 3 rings (SSSR count). The molecule has 3 aliphatic heterocycles. The average Bonchev–Trinajstić information content (AvgIpc) is 3.55. The van der Waals surface area contributed by atoms with Gasteiger partial charge in [-0.25, -0.2) is 0 Å². The van der Waals surface area contributed by atoms with Gasteiger partial charge in [-0.1, -0.05) is 155 Å². The molecule has 0 aromatic heterocycles. The summed E-state index contributed by atoms with van der Waals surface area (Å²) >= 11 is 0. The number of ether oxygens (including phenoxy) is 6. The van der Waals surface area contributed by atoms with Crippen LogP contribution in [-0.2, 0) is 33.2 Å². The molecule has 456 valence electrons. The largest absolute Gasteiger partial charge is 0.394 e. The summed E-state index contributed by atoms with van der Waals surface area (Å²) < 4.78 is 34.1. The van der Waals surface area contributed by atoms with Crippen molar-refractivity contribution in [3.63, 3.8) is 0 Å². The SMILES string of the molecule is CC/C=C\C/C=C\C/C=C\C/C=C\C/C=C\C/C=C\C/C=C\C/C=C\CCCCC(=O)NC(COC1OC(CO)C(OC2OC(CO)C(OC3OC(CO)C(O)C(O)C3O)C(O)C2O)C(O)C1O)C(O)/C=C/CCCCCCCC. The van der Waals surface area contributed by atoms with E-state index in [2.05, 4.69) is 116 Å². The molecule has 0 spiro atoms. The lowest BCUT2D eigenvalue weighted by atomic mass is 9.96. The Labute approximate surface area is 475 Å². The molecule has 17 unspecified atom stereocenters. The Kier molecular flexibility index (Phi) is 38.1. The summed E-state index contributed by atoms with van der Waals surface area (Å²) in [5.41, 5.74) is 0. The van der Waals surface area contributed by atoms with E-state index in [1.54, 1.807) is 6.08 Å². The molecule has 0 aromatic rings. The van der Waals surface area contributed by atoms with Crippen LogP contribution in [-0.4, -0.2) is 193 Å². The molecular formula is C61H99NO18. The molecule has 3 aliphatic rings. The number of amides is 1. The maximum absolute atomic E-state index is 13.2. The minimum absolute atomic E-state index is 0.179. The summed E-state index contributed by atoms with van der Waals surface area (Å²) in [5.74, 6) is -0.328. The Bertz CT molecular complexity index is 1880. The van der Waals surface area contributed by atoms with Gasteiger partial charge in [0.25, 0.3) is 0 Å². The van der Waals surface area contributed by atoms with Gasteiger partial charge in [0.1, 0.15) is 73.2 Å². The molecule has 19 heteroatoms. The molecule has 80 heavy (non-hydrogen) atoms. The van der Waals surface area contributed by atoms with Crippen molar-refractivity contribution in [3.8, 4) is 0 Å². The van der Waals surface area contributed by atoms with Gasteiger partial charge in [0.2, 0.25) is 5.91 Å². The third-order valence-corrected chi connectivity index (χ3v) is 13.8. The van der Waals surface area contributed by atoms with Crippen LogP contribution in [0.3, 0.4) is 0 Å². The van der Waals surface area contributed by atoms with E-state index in [0.29, 0.717) is 6.42 Å². The highest BCUT2D eigenvalue weighted by atomic mass is 16.8. The van der Waals surface area contributed by atoms with Crippen molar-refractivity contribution in [2.24, 2.45) is 0 Å². The van der Waals surface area contributed by atoms with Crippen LogP contribution in [0.1, 0.15) is 136 Å². The molecule has 12 N–H and O–H groups in total. The summed E-state index contributed by atoms with van der Waals surface area (Å²) in [6.07, 6.45) is 28.2. The van der Waals surface area contributed by atoms with Crippen LogP contribution in [0.5, 0.6) is 0 Å². The van der Waals surface area contributed by atoms with E-state index in [1.807, 2.05) is 6.08 Å². The number of hydrogen-bond donors (Lipinski definition) is 12. The van der Waals surface area contributed by atoms with Gasteiger partial charge in [0, 0.05) is 6.42 Å². The number of unbranched alkanes of at least 4 members (excludes halogenated alkanes) is 8. The third-order valence-electron chi connectivity index (χ3n) is 13.8. The number of carbonyl (C=O) groups is 1. The number of hydrogen-bond acceptors (Lipinski definition) is 18. The minimum Gasteiger partial charge on any atom is -0.394 e. The normalized spacial score (nSPS) is 30.8. The monoisotopic (exact) mass is 1130 g/mol. The second kappa shape index (κ2) is 43.1. The second-order valence-electron chi connectivity index (χ2n) is 20.4. The zero-order valence-corrected chi connectivity index (χ0v) is 47.2. The van der Waals surface area contributed by atoms with Crippen LogP contribution in [0.2, 0.25) is 0 Å². The van der Waals surface area contributed by atoms with E-state index in [-0.39, 0.29) is 18.9 Å². The van der Waals surface area contributed by atoms with Crippen molar-refractivity contribution >= 4 is 5.91 Å². The Morgan fingerprint density at radius 2 is 0.863 bits per heavy atom. The van der Waals surface area contributed by atoms with E-state index in [9.17, 15) is 61.0 Å². The zero-order chi connectivity index (χ0) is 58.3. The van der Waals surface area contributed by atoms with Gasteiger partial charge in [-0.3, -0.25) is 4.79 Å². The van der Waals surface area contributed by atoms with Crippen molar-refractivity contribution in [1.82, 2.24) is 5.32 Å². The van der Waals surface area contributed by atoms with Gasteiger partial charge in [0.15, 0.2) is 18.9 Å². The molecule has 0 bridgehead atoms. The van der Waals surface area contributed by atoms with Gasteiger partial charge in [-0.2, -0.15) is 0 Å². The van der Waals surface area contributed by atoms with Crippen LogP contribution >= 0.6 is 0 Å². The first-order valence-corrected chi connectivity index (χ1v) is 29.1. The first kappa shape index (κ1) is 70.7. The summed E-state index contributed by atoms with van der Waals surface area (Å²) in [4.78, 5) is 13.2. The van der Waals surface area contributed by atoms with Crippen molar-refractivity contribution in [2.75, 3.05) is 26.4 Å². The lowest BCUT2D eigenvalue weighted by Gasteiger charge is -2.48. The Balaban J connectivity index is 1.45. The molecule has 0 aliphatic carbocycles. The second-order valence-corrected chi connectivity index (χ2v) is 20.4. The Morgan fingerprint density at radius 3 is 1.35 bits per heavy atom. The van der Waals surface area contributed by atoms with Crippen LogP contribution in [0.4, 0.5) is 0 Å². The third kappa shape index (κ3) is 26.8. The molecule has 3 saturated heterocycles. The molecule has 3 heterocycles.